The minimum absolute atomic E-state index is 0.644. The minimum Gasteiger partial charge on any atom is -0.310 e. The Bertz CT molecular complexity index is 3730. The second-order valence-electron chi connectivity index (χ2n) is 19.2. The van der Waals surface area contributed by atoms with Crippen LogP contribution in [0.15, 0.2) is 194 Å². The Labute approximate surface area is 395 Å². The molecule has 8 nitrogen and oxygen atoms in total. The number of rotatable bonds is 4. The van der Waals surface area contributed by atoms with E-state index in [-0.39, 0.29) is 0 Å². The number of hydrogen-bond donors (Lipinski definition) is 0. The number of anilines is 6. The van der Waals surface area contributed by atoms with E-state index in [4.69, 9.17) is 20.4 Å². The summed E-state index contributed by atoms with van der Waals surface area (Å²) in [6.07, 6.45) is 0. The molecule has 9 aromatic carbocycles. The largest absolute Gasteiger partial charge is 0.310 e. The number of aromatic nitrogens is 6. The van der Waals surface area contributed by atoms with Crippen molar-refractivity contribution in [2.45, 2.75) is 26.2 Å². The fourth-order valence-corrected chi connectivity index (χ4v) is 17.7. The summed E-state index contributed by atoms with van der Waals surface area (Å²) in [5.74, 6) is 1.50. The first-order valence-corrected chi connectivity index (χ1v) is 29.3. The predicted molar refractivity (Wildman–Crippen MR) is 286 cm³/mol. The van der Waals surface area contributed by atoms with E-state index in [1.54, 1.807) is 0 Å². The molecular formula is C58H44N8Si2. The van der Waals surface area contributed by atoms with E-state index in [1.807, 2.05) is 0 Å². The highest BCUT2D eigenvalue weighted by Gasteiger charge is 2.40. The molecule has 12 aromatic rings. The van der Waals surface area contributed by atoms with Crippen molar-refractivity contribution in [1.29, 1.82) is 0 Å². The highest BCUT2D eigenvalue weighted by molar-refractivity contribution is 7.03. The Balaban J connectivity index is 0.951. The van der Waals surface area contributed by atoms with Gasteiger partial charge in [-0.3, -0.25) is 8.80 Å². The highest BCUT2D eigenvalue weighted by atomic mass is 28.3. The molecule has 0 N–H and O–H groups in total. The smallest absolute Gasteiger partial charge is 0.207 e. The van der Waals surface area contributed by atoms with Crippen LogP contribution in [0.5, 0.6) is 0 Å². The van der Waals surface area contributed by atoms with Crippen molar-refractivity contribution in [3.05, 3.63) is 194 Å². The van der Waals surface area contributed by atoms with Gasteiger partial charge in [-0.05, 0) is 92.2 Å². The summed E-state index contributed by atoms with van der Waals surface area (Å²) >= 11 is 0. The molecule has 0 fully saturated rings. The molecule has 324 valence electrons. The SMILES string of the molecule is C[Si]1(C)c2ccccc2N(c2ccc(-c3nnc4c5nnc(-c6ccc(N7c8ccccc8[Si](C)(C)c8ccccc87)c7ccccc67)n5c5ccccc5n34)c3ccccc23)c2ccccc21. The predicted octanol–water partition coefficient (Wildman–Crippen LogP) is 11.8. The lowest BCUT2D eigenvalue weighted by Gasteiger charge is -2.41. The maximum atomic E-state index is 5.01. The lowest BCUT2D eigenvalue weighted by molar-refractivity contribution is 1.11. The fourth-order valence-electron chi connectivity index (χ4n) is 11.7. The van der Waals surface area contributed by atoms with Gasteiger partial charge >= 0.3 is 0 Å². The molecule has 0 aliphatic carbocycles. The Morgan fingerprint density at radius 1 is 0.294 bits per heavy atom. The molecule has 0 saturated carbocycles. The van der Waals surface area contributed by atoms with Crippen LogP contribution in [0, 0.1) is 0 Å². The van der Waals surface area contributed by atoms with E-state index in [0.29, 0.717) is 11.3 Å². The maximum Gasteiger partial charge on any atom is 0.207 e. The van der Waals surface area contributed by atoms with E-state index in [0.717, 1.165) is 66.7 Å². The summed E-state index contributed by atoms with van der Waals surface area (Å²) in [5.41, 5.74) is 12.5. The highest BCUT2D eigenvalue weighted by Crippen LogP contribution is 2.46. The Kier molecular flexibility index (Phi) is 8.13. The number of benzene rings is 9. The first-order chi connectivity index (χ1) is 33.3. The monoisotopic (exact) mass is 908 g/mol. The number of hydrogen-bond acceptors (Lipinski definition) is 6. The number of para-hydroxylation sites is 6. The zero-order valence-corrected chi connectivity index (χ0v) is 40.1. The van der Waals surface area contributed by atoms with Gasteiger partial charge in [-0.2, -0.15) is 0 Å². The van der Waals surface area contributed by atoms with Crippen molar-refractivity contribution < 1.29 is 0 Å². The van der Waals surface area contributed by atoms with Crippen molar-refractivity contribution >= 4 is 115 Å². The summed E-state index contributed by atoms with van der Waals surface area (Å²) in [5, 5.41) is 30.1. The summed E-state index contributed by atoms with van der Waals surface area (Å²) in [6, 6.07) is 70.7. The quantitative estimate of drug-likeness (QED) is 0.164. The van der Waals surface area contributed by atoms with Crippen molar-refractivity contribution in [2.75, 3.05) is 9.80 Å². The average Bonchev–Trinajstić information content (AvgIpc) is 4.03. The topological polar surface area (TPSA) is 66.9 Å². The molecule has 10 heteroatoms. The van der Waals surface area contributed by atoms with Gasteiger partial charge in [0.05, 0.1) is 22.4 Å². The van der Waals surface area contributed by atoms with Crippen LogP contribution in [0.25, 0.3) is 66.6 Å². The van der Waals surface area contributed by atoms with E-state index in [9.17, 15) is 0 Å². The van der Waals surface area contributed by atoms with Gasteiger partial charge in [0.1, 0.15) is 16.1 Å². The third-order valence-corrected chi connectivity index (χ3v) is 22.0. The third kappa shape index (κ3) is 5.23. The second kappa shape index (κ2) is 14.2. The maximum absolute atomic E-state index is 5.01. The van der Waals surface area contributed by atoms with Crippen LogP contribution < -0.4 is 30.5 Å². The van der Waals surface area contributed by atoms with Crippen LogP contribution in [0.4, 0.5) is 34.1 Å². The van der Waals surface area contributed by atoms with Crippen molar-refractivity contribution in [2.24, 2.45) is 0 Å². The normalized spacial score (nSPS) is 14.6. The molecular weight excluding hydrogens is 865 g/mol. The third-order valence-electron chi connectivity index (χ3n) is 14.9. The molecule has 2 aliphatic heterocycles. The standard InChI is InChI=1S/C58H44N8Si2/c1-67(2)51-29-15-11-25-47(51)63(48-26-12-16-30-52(48)67)43-35-33-41(37-19-5-7-21-39(37)43)55-59-61-57-58-62-60-56(66(58)46-24-10-9-23-45(46)65(55)57)42-34-36-44(40-22-8-6-20-38(40)42)64-49-27-13-17-31-53(49)68(3,4)54-32-18-14-28-50(54)64/h5-36H,1-4H3. The fraction of sp³-hybridized carbons (Fsp3) is 0.0690. The number of fused-ring (bicyclic) bond motifs is 12. The molecule has 5 heterocycles. The first-order valence-electron chi connectivity index (χ1n) is 23.3. The average molecular weight is 909 g/mol. The Morgan fingerprint density at radius 2 is 0.603 bits per heavy atom. The molecule has 0 saturated heterocycles. The van der Waals surface area contributed by atoms with Crippen LogP contribution in [-0.2, 0) is 0 Å². The minimum atomic E-state index is -1.96. The first kappa shape index (κ1) is 39.0. The summed E-state index contributed by atoms with van der Waals surface area (Å²) in [7, 11) is -3.91. The van der Waals surface area contributed by atoms with Gasteiger partial charge in [0, 0.05) is 44.6 Å². The van der Waals surface area contributed by atoms with Crippen LogP contribution in [0.1, 0.15) is 0 Å². The molecule has 3 aromatic heterocycles. The van der Waals surface area contributed by atoms with E-state index >= 15 is 0 Å². The van der Waals surface area contributed by atoms with Crippen LogP contribution in [0.2, 0.25) is 26.2 Å². The van der Waals surface area contributed by atoms with Gasteiger partial charge in [0.2, 0.25) is 11.3 Å². The lowest BCUT2D eigenvalue weighted by Crippen LogP contribution is -2.58. The van der Waals surface area contributed by atoms with E-state index in [1.165, 1.54) is 43.5 Å². The number of nitrogens with zero attached hydrogens (tertiary/aromatic N) is 8. The zero-order valence-electron chi connectivity index (χ0n) is 38.1. The molecule has 0 amide bonds. The van der Waals surface area contributed by atoms with E-state index < -0.39 is 16.1 Å². The van der Waals surface area contributed by atoms with Crippen molar-refractivity contribution in [3.8, 4) is 22.8 Å². The second-order valence-corrected chi connectivity index (χ2v) is 27.9. The summed E-state index contributed by atoms with van der Waals surface area (Å²) in [4.78, 5) is 4.94. The summed E-state index contributed by atoms with van der Waals surface area (Å²) in [6.45, 7) is 9.86. The summed E-state index contributed by atoms with van der Waals surface area (Å²) < 4.78 is 4.34. The van der Waals surface area contributed by atoms with Crippen LogP contribution in [-0.4, -0.2) is 45.3 Å². The van der Waals surface area contributed by atoms with Gasteiger partial charge < -0.3 is 9.80 Å². The van der Waals surface area contributed by atoms with Crippen LogP contribution >= 0.6 is 0 Å². The van der Waals surface area contributed by atoms with Gasteiger partial charge in [-0.1, -0.05) is 160 Å². The molecule has 68 heavy (non-hydrogen) atoms. The van der Waals surface area contributed by atoms with Crippen molar-refractivity contribution in [1.82, 2.24) is 29.2 Å². The lowest BCUT2D eigenvalue weighted by atomic mass is 10.00. The van der Waals surface area contributed by atoms with Gasteiger partial charge in [0.15, 0.2) is 11.6 Å². The molecule has 2 aliphatic rings. The van der Waals surface area contributed by atoms with Gasteiger partial charge in [0.25, 0.3) is 0 Å². The van der Waals surface area contributed by atoms with Crippen molar-refractivity contribution in [3.63, 3.8) is 0 Å². The molecule has 0 spiro atoms. The van der Waals surface area contributed by atoms with Crippen LogP contribution in [0.3, 0.4) is 0 Å². The van der Waals surface area contributed by atoms with E-state index in [2.05, 4.69) is 239 Å². The van der Waals surface area contributed by atoms with Gasteiger partial charge in [-0.15, -0.1) is 20.4 Å². The Hall–Kier alpha value is -8.19. The molecule has 14 rings (SSSR count). The molecule has 0 unspecified atom stereocenters. The Morgan fingerprint density at radius 3 is 0.971 bits per heavy atom. The van der Waals surface area contributed by atoms with Gasteiger partial charge in [-0.25, -0.2) is 0 Å². The molecule has 0 radical (unpaired) electrons. The molecule has 0 bridgehead atoms. The zero-order chi connectivity index (χ0) is 45.5. The molecule has 0 atom stereocenters.